The lowest BCUT2D eigenvalue weighted by Gasteiger charge is -2.25. The van der Waals surface area contributed by atoms with Crippen LogP contribution < -0.4 is 0 Å². The van der Waals surface area contributed by atoms with Gasteiger partial charge in [-0.15, -0.1) is 0 Å². The predicted molar refractivity (Wildman–Crippen MR) is 77.5 cm³/mol. The Morgan fingerprint density at radius 3 is 2.63 bits per heavy atom. The molecule has 0 amide bonds. The Kier molecular flexibility index (Phi) is 7.03. The van der Waals surface area contributed by atoms with Crippen molar-refractivity contribution in [2.75, 3.05) is 19.6 Å². The van der Waals surface area contributed by atoms with Crippen LogP contribution in [-0.4, -0.2) is 29.6 Å². The Balaban J connectivity index is 2.46. The Labute approximate surface area is 116 Å². The van der Waals surface area contributed by atoms with Gasteiger partial charge in [-0.2, -0.15) is 0 Å². The number of halogens is 1. The summed E-state index contributed by atoms with van der Waals surface area (Å²) in [5.74, 6) is 0.384. The average molecular weight is 267 g/mol. The summed E-state index contributed by atoms with van der Waals surface area (Å²) in [6.45, 7) is 9.46. The largest absolute Gasteiger partial charge is 0.388 e. The second kappa shape index (κ2) is 8.28. The Morgan fingerprint density at radius 1 is 1.32 bits per heavy atom. The minimum absolute atomic E-state index is 0.288. The lowest BCUT2D eigenvalue weighted by atomic mass is 10.1. The van der Waals surface area contributed by atoms with Crippen LogP contribution in [0.3, 0.4) is 0 Å². The normalized spacial score (nSPS) is 14.6. The van der Waals surface area contributed by atoms with Gasteiger partial charge in [0.25, 0.3) is 0 Å². The Bertz CT molecular complexity index is 370. The van der Waals surface area contributed by atoms with Crippen molar-refractivity contribution in [1.29, 1.82) is 0 Å². The third-order valence-corrected chi connectivity index (χ3v) is 3.67. The molecule has 108 valence electrons. The third kappa shape index (κ3) is 5.70. The first-order valence-electron chi connectivity index (χ1n) is 7.22. The van der Waals surface area contributed by atoms with E-state index in [9.17, 15) is 9.50 Å². The van der Waals surface area contributed by atoms with E-state index in [1.807, 2.05) is 0 Å². The highest BCUT2D eigenvalue weighted by atomic mass is 19.1. The molecule has 1 aromatic rings. The van der Waals surface area contributed by atoms with Gasteiger partial charge >= 0.3 is 0 Å². The summed E-state index contributed by atoms with van der Waals surface area (Å²) in [6, 6.07) is 6.23. The lowest BCUT2D eigenvalue weighted by Crippen LogP contribution is -2.30. The van der Waals surface area contributed by atoms with Crippen molar-refractivity contribution in [1.82, 2.24) is 4.90 Å². The molecule has 0 aliphatic heterocycles. The van der Waals surface area contributed by atoms with Gasteiger partial charge in [0.05, 0.1) is 6.10 Å². The molecule has 0 saturated heterocycles. The number of aliphatic hydroxyl groups is 1. The van der Waals surface area contributed by atoms with Gasteiger partial charge < -0.3 is 10.0 Å². The fraction of sp³-hybridized carbons (Fsp3) is 0.625. The summed E-state index contributed by atoms with van der Waals surface area (Å²) in [6.07, 6.45) is 1.23. The van der Waals surface area contributed by atoms with E-state index in [-0.39, 0.29) is 5.82 Å². The molecule has 0 aromatic heterocycles. The number of aliphatic hydroxyl groups excluding tert-OH is 1. The summed E-state index contributed by atoms with van der Waals surface area (Å²) in [4.78, 5) is 2.34. The molecule has 0 aliphatic rings. The number of hydrogen-bond acceptors (Lipinski definition) is 2. The van der Waals surface area contributed by atoms with Gasteiger partial charge in [0.2, 0.25) is 0 Å². The van der Waals surface area contributed by atoms with Gasteiger partial charge in [-0.25, -0.2) is 4.39 Å². The van der Waals surface area contributed by atoms with Crippen molar-refractivity contribution < 1.29 is 9.50 Å². The van der Waals surface area contributed by atoms with Crippen LogP contribution in [0.4, 0.5) is 4.39 Å². The number of nitrogens with zero attached hydrogens (tertiary/aromatic N) is 1. The van der Waals surface area contributed by atoms with E-state index in [0.717, 1.165) is 19.6 Å². The first kappa shape index (κ1) is 16.1. The summed E-state index contributed by atoms with van der Waals surface area (Å²) in [5.41, 5.74) is 0.666. The van der Waals surface area contributed by atoms with Crippen LogP contribution >= 0.6 is 0 Å². The first-order chi connectivity index (χ1) is 9.06. The molecule has 1 rings (SSSR count). The van der Waals surface area contributed by atoms with Crippen LogP contribution in [0.2, 0.25) is 0 Å². The van der Waals surface area contributed by atoms with Gasteiger partial charge in [-0.3, -0.25) is 0 Å². The number of rotatable bonds is 8. The van der Waals surface area contributed by atoms with E-state index >= 15 is 0 Å². The zero-order chi connectivity index (χ0) is 14.3. The average Bonchev–Trinajstić information content (AvgIpc) is 2.42. The quantitative estimate of drug-likeness (QED) is 0.777. The lowest BCUT2D eigenvalue weighted by molar-refractivity contribution is 0.137. The summed E-state index contributed by atoms with van der Waals surface area (Å²) in [7, 11) is 0. The topological polar surface area (TPSA) is 23.5 Å². The molecule has 2 atom stereocenters. The second-order valence-electron chi connectivity index (χ2n) is 5.27. The van der Waals surface area contributed by atoms with Crippen molar-refractivity contribution in [2.24, 2.45) is 5.92 Å². The number of benzene rings is 1. The molecule has 0 aliphatic carbocycles. The smallest absolute Gasteiger partial charge is 0.123 e. The van der Waals surface area contributed by atoms with E-state index in [1.165, 1.54) is 18.6 Å². The molecule has 19 heavy (non-hydrogen) atoms. The fourth-order valence-corrected chi connectivity index (χ4v) is 2.13. The molecule has 3 heteroatoms. The zero-order valence-corrected chi connectivity index (χ0v) is 12.3. The monoisotopic (exact) mass is 267 g/mol. The summed E-state index contributed by atoms with van der Waals surface area (Å²) < 4.78 is 13.1. The fourth-order valence-electron chi connectivity index (χ4n) is 2.13. The van der Waals surface area contributed by atoms with Gasteiger partial charge in [0.15, 0.2) is 0 Å². The van der Waals surface area contributed by atoms with E-state index in [0.29, 0.717) is 17.9 Å². The van der Waals surface area contributed by atoms with Crippen molar-refractivity contribution in [3.63, 3.8) is 0 Å². The molecule has 0 fully saturated rings. The maximum atomic E-state index is 13.1. The van der Waals surface area contributed by atoms with Gasteiger partial charge in [0, 0.05) is 13.1 Å². The van der Waals surface area contributed by atoms with E-state index in [4.69, 9.17) is 0 Å². The molecule has 0 saturated carbocycles. The Morgan fingerprint density at radius 2 is 2.05 bits per heavy atom. The maximum absolute atomic E-state index is 13.1. The zero-order valence-electron chi connectivity index (χ0n) is 12.3. The molecule has 0 spiro atoms. The predicted octanol–water partition coefficient (Wildman–Crippen LogP) is 3.62. The van der Waals surface area contributed by atoms with Crippen LogP contribution in [0.1, 0.15) is 45.3 Å². The van der Waals surface area contributed by atoms with Gasteiger partial charge in [0.1, 0.15) is 5.82 Å². The van der Waals surface area contributed by atoms with Crippen LogP contribution in [0.15, 0.2) is 24.3 Å². The molecule has 0 radical (unpaired) electrons. The second-order valence-corrected chi connectivity index (χ2v) is 5.27. The molecule has 2 nitrogen and oxygen atoms in total. The summed E-state index contributed by atoms with van der Waals surface area (Å²) in [5, 5.41) is 10.1. The molecule has 2 unspecified atom stereocenters. The van der Waals surface area contributed by atoms with Crippen molar-refractivity contribution in [3.05, 3.63) is 35.6 Å². The molecule has 0 bridgehead atoms. The van der Waals surface area contributed by atoms with Crippen molar-refractivity contribution in [2.45, 2.75) is 39.7 Å². The molecular weight excluding hydrogens is 241 g/mol. The van der Waals surface area contributed by atoms with Crippen LogP contribution in [0.25, 0.3) is 0 Å². The summed E-state index contributed by atoms with van der Waals surface area (Å²) >= 11 is 0. The SMILES string of the molecule is CCC(C)CN(CC)CCC(O)c1cccc(F)c1. The highest BCUT2D eigenvalue weighted by Crippen LogP contribution is 2.18. The molecule has 1 N–H and O–H groups in total. The van der Waals surface area contributed by atoms with E-state index in [2.05, 4.69) is 25.7 Å². The molecular formula is C16H26FNO. The number of hydrogen-bond donors (Lipinski definition) is 1. The van der Waals surface area contributed by atoms with Crippen LogP contribution in [0, 0.1) is 11.7 Å². The minimum atomic E-state index is -0.582. The first-order valence-corrected chi connectivity index (χ1v) is 7.22. The van der Waals surface area contributed by atoms with Gasteiger partial charge in [-0.05, 0) is 36.6 Å². The standard InChI is InChI=1S/C16H26FNO/c1-4-13(3)12-18(5-2)10-9-16(19)14-7-6-8-15(17)11-14/h6-8,11,13,16,19H,4-5,9-10,12H2,1-3H3. The minimum Gasteiger partial charge on any atom is -0.388 e. The molecule has 0 heterocycles. The van der Waals surface area contributed by atoms with Crippen LogP contribution in [-0.2, 0) is 0 Å². The van der Waals surface area contributed by atoms with Crippen molar-refractivity contribution in [3.8, 4) is 0 Å². The third-order valence-electron chi connectivity index (χ3n) is 3.67. The molecule has 1 aromatic carbocycles. The van der Waals surface area contributed by atoms with Crippen LogP contribution in [0.5, 0.6) is 0 Å². The highest BCUT2D eigenvalue weighted by molar-refractivity contribution is 5.18. The van der Waals surface area contributed by atoms with E-state index in [1.54, 1.807) is 12.1 Å². The Hall–Kier alpha value is -0.930. The maximum Gasteiger partial charge on any atom is 0.123 e. The van der Waals surface area contributed by atoms with E-state index < -0.39 is 6.10 Å². The van der Waals surface area contributed by atoms with Gasteiger partial charge in [-0.1, -0.05) is 39.3 Å². The highest BCUT2D eigenvalue weighted by Gasteiger charge is 2.12. The van der Waals surface area contributed by atoms with Crippen molar-refractivity contribution >= 4 is 0 Å².